The second-order valence-corrected chi connectivity index (χ2v) is 5.68. The zero-order chi connectivity index (χ0) is 14.3. The Bertz CT molecular complexity index is 327. The largest absolute Gasteiger partial charge is 0.394 e. The molecule has 0 amide bonds. The number of rotatable bonds is 5. The lowest BCUT2D eigenvalue weighted by atomic mass is 9.70. The van der Waals surface area contributed by atoms with Crippen LogP contribution < -0.4 is 0 Å². The molecule has 2 aliphatic heterocycles. The van der Waals surface area contributed by atoms with E-state index in [1.54, 1.807) is 0 Å². The standard InChI is InChI=1S/C12H23NO6/c1-13(2)3-4-18-12-6-8(15)11(17,5-9(12)16)10(7-14)19-12/h8-10,14-17H,3-7H2,1-2H3/t8?,9?,10-,11+,12+/m1/s1. The lowest BCUT2D eigenvalue weighted by molar-refractivity contribution is -0.411. The van der Waals surface area contributed by atoms with Gasteiger partial charge in [0.15, 0.2) is 5.79 Å². The van der Waals surface area contributed by atoms with Crippen molar-refractivity contribution >= 4 is 0 Å². The van der Waals surface area contributed by atoms with Gasteiger partial charge in [-0.2, -0.15) is 0 Å². The average molecular weight is 277 g/mol. The van der Waals surface area contributed by atoms with Crippen molar-refractivity contribution in [3.05, 3.63) is 0 Å². The monoisotopic (exact) mass is 277 g/mol. The number of nitrogens with zero attached hydrogens (tertiary/aromatic N) is 1. The number of ether oxygens (including phenoxy) is 2. The van der Waals surface area contributed by atoms with E-state index in [0.717, 1.165) is 0 Å². The predicted octanol–water partition coefficient (Wildman–Crippen LogP) is -2.10. The summed E-state index contributed by atoms with van der Waals surface area (Å²) in [5.41, 5.74) is -1.61. The molecule has 7 heteroatoms. The summed E-state index contributed by atoms with van der Waals surface area (Å²) in [4.78, 5) is 1.92. The second-order valence-electron chi connectivity index (χ2n) is 5.68. The summed E-state index contributed by atoms with van der Waals surface area (Å²) < 4.78 is 11.2. The van der Waals surface area contributed by atoms with Crippen molar-refractivity contribution in [1.29, 1.82) is 0 Å². The summed E-state index contributed by atoms with van der Waals surface area (Å²) >= 11 is 0. The molecule has 112 valence electrons. The number of likely N-dealkylation sites (N-methyl/N-ethyl adjacent to an activating group) is 1. The van der Waals surface area contributed by atoms with Crippen LogP contribution in [0.25, 0.3) is 0 Å². The molecule has 3 fully saturated rings. The third-order valence-corrected chi connectivity index (χ3v) is 4.03. The molecule has 3 aliphatic rings. The van der Waals surface area contributed by atoms with Gasteiger partial charge in [0, 0.05) is 19.4 Å². The van der Waals surface area contributed by atoms with Gasteiger partial charge in [-0.1, -0.05) is 0 Å². The van der Waals surface area contributed by atoms with Crippen molar-refractivity contribution in [2.75, 3.05) is 33.9 Å². The number of hydrogen-bond donors (Lipinski definition) is 4. The Morgan fingerprint density at radius 2 is 1.95 bits per heavy atom. The molecule has 0 spiro atoms. The van der Waals surface area contributed by atoms with E-state index in [0.29, 0.717) is 13.2 Å². The Balaban J connectivity index is 2.10. The number of fused-ring (bicyclic) bond motifs is 3. The van der Waals surface area contributed by atoms with Crippen LogP contribution in [0.2, 0.25) is 0 Å². The minimum Gasteiger partial charge on any atom is -0.394 e. The van der Waals surface area contributed by atoms with Crippen molar-refractivity contribution in [1.82, 2.24) is 4.90 Å². The van der Waals surface area contributed by atoms with Gasteiger partial charge in [-0.05, 0) is 14.1 Å². The van der Waals surface area contributed by atoms with Crippen molar-refractivity contribution in [3.63, 3.8) is 0 Å². The normalized spacial score (nSPS) is 45.9. The molecule has 0 aromatic rings. The van der Waals surface area contributed by atoms with Gasteiger partial charge >= 0.3 is 0 Å². The summed E-state index contributed by atoms with van der Waals surface area (Å²) in [5, 5.41) is 39.7. The zero-order valence-corrected chi connectivity index (χ0v) is 11.3. The third kappa shape index (κ3) is 2.52. The molecule has 0 radical (unpaired) electrons. The first kappa shape index (κ1) is 15.1. The van der Waals surface area contributed by atoms with Crippen molar-refractivity contribution < 1.29 is 29.9 Å². The highest BCUT2D eigenvalue weighted by molar-refractivity contribution is 5.10. The number of hydrogen-bond acceptors (Lipinski definition) is 7. The molecule has 1 aliphatic carbocycles. The van der Waals surface area contributed by atoms with E-state index in [4.69, 9.17) is 9.47 Å². The van der Waals surface area contributed by atoms with Crippen LogP contribution in [-0.4, -0.2) is 88.9 Å². The molecule has 4 N–H and O–H groups in total. The lowest BCUT2D eigenvalue weighted by Crippen LogP contribution is -2.74. The fourth-order valence-electron chi connectivity index (χ4n) is 2.78. The van der Waals surface area contributed by atoms with Gasteiger partial charge in [0.1, 0.15) is 17.8 Å². The lowest BCUT2D eigenvalue weighted by Gasteiger charge is -2.58. The topological polar surface area (TPSA) is 103 Å². The number of aliphatic hydroxyl groups is 4. The SMILES string of the molecule is CN(C)CCO[C@]12CC(O)[C@@](O)(CC1O)[C@@H](CO)O2. The molecule has 2 unspecified atom stereocenters. The van der Waals surface area contributed by atoms with E-state index in [2.05, 4.69) is 0 Å². The van der Waals surface area contributed by atoms with Gasteiger partial charge in [0.05, 0.1) is 19.3 Å². The first-order chi connectivity index (χ1) is 8.84. The molecular formula is C12H23NO6. The quantitative estimate of drug-likeness (QED) is 0.456. The first-order valence-corrected chi connectivity index (χ1v) is 6.50. The van der Waals surface area contributed by atoms with Gasteiger partial charge in [-0.15, -0.1) is 0 Å². The Hall–Kier alpha value is -0.280. The molecule has 3 rings (SSSR count). The zero-order valence-electron chi connectivity index (χ0n) is 11.3. The van der Waals surface area contributed by atoms with E-state index in [1.807, 2.05) is 19.0 Å². The molecular weight excluding hydrogens is 254 g/mol. The van der Waals surface area contributed by atoms with Gasteiger partial charge < -0.3 is 34.8 Å². The van der Waals surface area contributed by atoms with Crippen molar-refractivity contribution in [2.24, 2.45) is 0 Å². The van der Waals surface area contributed by atoms with Crippen LogP contribution in [-0.2, 0) is 9.47 Å². The van der Waals surface area contributed by atoms with E-state index < -0.39 is 36.3 Å². The third-order valence-electron chi connectivity index (χ3n) is 4.03. The smallest absolute Gasteiger partial charge is 0.197 e. The number of aliphatic hydroxyl groups excluding tert-OH is 3. The molecule has 1 saturated carbocycles. The minimum atomic E-state index is -1.61. The van der Waals surface area contributed by atoms with Crippen molar-refractivity contribution in [3.8, 4) is 0 Å². The van der Waals surface area contributed by atoms with E-state index in [-0.39, 0.29) is 12.8 Å². The maximum atomic E-state index is 10.3. The van der Waals surface area contributed by atoms with Crippen LogP contribution in [0.3, 0.4) is 0 Å². The summed E-state index contributed by atoms with van der Waals surface area (Å²) in [6, 6.07) is 0. The van der Waals surface area contributed by atoms with Crippen molar-refractivity contribution in [2.45, 2.75) is 42.5 Å². The summed E-state index contributed by atoms with van der Waals surface area (Å²) in [7, 11) is 3.79. The Labute approximate surface area is 112 Å². The maximum absolute atomic E-state index is 10.3. The van der Waals surface area contributed by atoms with Gasteiger partial charge in [-0.3, -0.25) is 0 Å². The van der Waals surface area contributed by atoms with E-state index in [1.165, 1.54) is 0 Å². The van der Waals surface area contributed by atoms with Gasteiger partial charge in [0.25, 0.3) is 0 Å². The molecule has 2 saturated heterocycles. The van der Waals surface area contributed by atoms with Gasteiger partial charge in [-0.25, -0.2) is 0 Å². The van der Waals surface area contributed by atoms with E-state index in [9.17, 15) is 20.4 Å². The first-order valence-electron chi connectivity index (χ1n) is 6.50. The van der Waals surface area contributed by atoms with Crippen LogP contribution in [0.15, 0.2) is 0 Å². The minimum absolute atomic E-state index is 0.00536. The Morgan fingerprint density at radius 3 is 2.53 bits per heavy atom. The molecule has 19 heavy (non-hydrogen) atoms. The fraction of sp³-hybridized carbons (Fsp3) is 1.00. The van der Waals surface area contributed by atoms with Crippen LogP contribution in [0.1, 0.15) is 12.8 Å². The molecule has 2 heterocycles. The molecule has 5 atom stereocenters. The van der Waals surface area contributed by atoms with Gasteiger partial charge in [0.2, 0.25) is 0 Å². The highest BCUT2D eigenvalue weighted by atomic mass is 16.7. The van der Waals surface area contributed by atoms with Crippen LogP contribution in [0.5, 0.6) is 0 Å². The highest BCUT2D eigenvalue weighted by Gasteiger charge is 2.65. The molecule has 2 bridgehead atoms. The predicted molar refractivity (Wildman–Crippen MR) is 65.4 cm³/mol. The maximum Gasteiger partial charge on any atom is 0.197 e. The van der Waals surface area contributed by atoms with Crippen LogP contribution in [0, 0.1) is 0 Å². The summed E-state index contributed by atoms with van der Waals surface area (Å²) in [5.74, 6) is -1.34. The fourth-order valence-corrected chi connectivity index (χ4v) is 2.78. The second kappa shape index (κ2) is 5.25. The van der Waals surface area contributed by atoms with E-state index >= 15 is 0 Å². The summed E-state index contributed by atoms with van der Waals surface area (Å²) in [6.07, 6.45) is -3.12. The highest BCUT2D eigenvalue weighted by Crippen LogP contribution is 2.47. The molecule has 0 aromatic heterocycles. The van der Waals surface area contributed by atoms with Crippen LogP contribution in [0.4, 0.5) is 0 Å². The Kier molecular flexibility index (Phi) is 4.18. The molecule has 7 nitrogen and oxygen atoms in total. The average Bonchev–Trinajstić information content (AvgIpc) is 2.31. The molecule has 0 aromatic carbocycles. The summed E-state index contributed by atoms with van der Waals surface area (Å²) in [6.45, 7) is 0.536. The Morgan fingerprint density at radius 1 is 1.26 bits per heavy atom. The van der Waals surface area contributed by atoms with Crippen LogP contribution >= 0.6 is 0 Å².